The largest absolute Gasteiger partial charge is 0.339 e. The number of amides is 1. The molecule has 0 radical (unpaired) electrons. The van der Waals surface area contributed by atoms with Crippen molar-refractivity contribution in [2.24, 2.45) is 0 Å². The molecule has 0 aromatic heterocycles. The molecule has 0 N–H and O–H groups in total. The van der Waals surface area contributed by atoms with E-state index in [0.29, 0.717) is 10.0 Å². The second-order valence-corrected chi connectivity index (χ2v) is 6.19. The van der Waals surface area contributed by atoms with Crippen LogP contribution in [0.25, 0.3) is 0 Å². The summed E-state index contributed by atoms with van der Waals surface area (Å²) >= 11 is 3.12. The normalized spacial score (nSPS) is 10.7. The zero-order chi connectivity index (χ0) is 15.7. The topological polar surface area (TPSA) is 20.3 Å². The molecule has 0 saturated carbocycles. The van der Waals surface area contributed by atoms with E-state index in [9.17, 15) is 9.18 Å². The molecule has 0 unspecified atom stereocenters. The highest BCUT2D eigenvalue weighted by Crippen LogP contribution is 2.18. The predicted molar refractivity (Wildman–Crippen MR) is 89.1 cm³/mol. The fraction of sp³-hybridized carbons (Fsp3) is 0.588. The number of unbranched alkanes of at least 4 members (excludes halogenated alkanes) is 4. The van der Waals surface area contributed by atoms with Gasteiger partial charge in [-0.2, -0.15) is 0 Å². The minimum absolute atomic E-state index is 0.0615. The smallest absolute Gasteiger partial charge is 0.253 e. The maximum Gasteiger partial charge on any atom is 0.253 e. The van der Waals surface area contributed by atoms with Gasteiger partial charge in [-0.3, -0.25) is 4.79 Å². The molecule has 0 saturated heterocycles. The Labute approximate surface area is 135 Å². The monoisotopic (exact) mass is 357 g/mol. The second kappa shape index (κ2) is 9.93. The van der Waals surface area contributed by atoms with Gasteiger partial charge in [0.15, 0.2) is 0 Å². The Hall–Kier alpha value is -0.900. The molecule has 118 valence electrons. The lowest BCUT2D eigenvalue weighted by atomic mass is 10.1. The highest BCUT2D eigenvalue weighted by Gasteiger charge is 2.16. The molecule has 0 aliphatic heterocycles. The van der Waals surface area contributed by atoms with E-state index in [1.165, 1.54) is 6.07 Å². The Kier molecular flexibility index (Phi) is 8.58. The lowest BCUT2D eigenvalue weighted by molar-refractivity contribution is 0.0749. The van der Waals surface area contributed by atoms with Crippen LogP contribution in [0.4, 0.5) is 4.39 Å². The van der Waals surface area contributed by atoms with E-state index in [-0.39, 0.29) is 11.7 Å². The van der Waals surface area contributed by atoms with Crippen molar-refractivity contribution in [3.8, 4) is 0 Å². The van der Waals surface area contributed by atoms with Crippen LogP contribution in [0.15, 0.2) is 22.7 Å². The van der Waals surface area contributed by atoms with Gasteiger partial charge in [0.2, 0.25) is 0 Å². The Morgan fingerprint density at radius 2 is 1.67 bits per heavy atom. The van der Waals surface area contributed by atoms with E-state index in [1.807, 2.05) is 4.90 Å². The number of carbonyl (C=O) groups is 1. The van der Waals surface area contributed by atoms with Crippen LogP contribution >= 0.6 is 15.9 Å². The van der Waals surface area contributed by atoms with Crippen molar-refractivity contribution < 1.29 is 9.18 Å². The average Bonchev–Trinajstić information content (AvgIpc) is 2.48. The van der Waals surface area contributed by atoms with E-state index < -0.39 is 0 Å². The van der Waals surface area contributed by atoms with Gasteiger partial charge in [0.25, 0.3) is 5.91 Å². The van der Waals surface area contributed by atoms with E-state index >= 15 is 0 Å². The molecule has 0 atom stereocenters. The van der Waals surface area contributed by atoms with Crippen LogP contribution in [0.5, 0.6) is 0 Å². The molecule has 0 aliphatic carbocycles. The lowest BCUT2D eigenvalue weighted by Gasteiger charge is -2.23. The summed E-state index contributed by atoms with van der Waals surface area (Å²) in [5, 5.41) is 0. The van der Waals surface area contributed by atoms with Gasteiger partial charge in [-0.15, -0.1) is 0 Å². The van der Waals surface area contributed by atoms with Gasteiger partial charge < -0.3 is 4.90 Å². The van der Waals surface area contributed by atoms with Gasteiger partial charge in [0.05, 0.1) is 4.47 Å². The molecule has 0 aliphatic rings. The first-order valence-electron chi connectivity index (χ1n) is 7.84. The highest BCUT2D eigenvalue weighted by atomic mass is 79.9. The van der Waals surface area contributed by atoms with Crippen molar-refractivity contribution in [3.63, 3.8) is 0 Å². The van der Waals surface area contributed by atoms with Crippen LogP contribution in [0.3, 0.4) is 0 Å². The third-order valence-electron chi connectivity index (χ3n) is 3.52. The maximum atomic E-state index is 13.6. The van der Waals surface area contributed by atoms with Crippen molar-refractivity contribution in [2.45, 2.75) is 52.4 Å². The van der Waals surface area contributed by atoms with Crippen molar-refractivity contribution in [1.29, 1.82) is 0 Å². The second-order valence-electron chi connectivity index (χ2n) is 5.34. The molecule has 1 aromatic carbocycles. The molecule has 2 nitrogen and oxygen atoms in total. The number of hydrogen-bond acceptors (Lipinski definition) is 1. The molecule has 0 spiro atoms. The van der Waals surface area contributed by atoms with Gasteiger partial charge in [-0.25, -0.2) is 4.39 Å². The van der Waals surface area contributed by atoms with Crippen LogP contribution in [0.2, 0.25) is 0 Å². The molecule has 0 fully saturated rings. The van der Waals surface area contributed by atoms with Gasteiger partial charge in [-0.05, 0) is 47.0 Å². The fourth-order valence-corrected chi connectivity index (χ4v) is 2.48. The van der Waals surface area contributed by atoms with Crippen molar-refractivity contribution in [2.75, 3.05) is 13.1 Å². The first-order chi connectivity index (χ1) is 10.1. The summed E-state index contributed by atoms with van der Waals surface area (Å²) in [7, 11) is 0. The zero-order valence-electron chi connectivity index (χ0n) is 13.0. The Balaban J connectivity index is 2.73. The number of rotatable bonds is 9. The molecule has 1 amide bonds. The molecule has 21 heavy (non-hydrogen) atoms. The number of carbonyl (C=O) groups excluding carboxylic acids is 1. The highest BCUT2D eigenvalue weighted by molar-refractivity contribution is 9.10. The number of halogens is 2. The summed E-state index contributed by atoms with van der Waals surface area (Å²) in [6.07, 6.45) is 6.51. The minimum Gasteiger partial charge on any atom is -0.339 e. The standard InChI is InChI=1S/C17H25BrFNO/c1-3-5-7-11-20(12-8-6-4-2)17(21)14-9-10-15(18)16(19)13-14/h9-10,13H,3-8,11-12H2,1-2H3. The zero-order valence-corrected chi connectivity index (χ0v) is 14.6. The summed E-state index contributed by atoms with van der Waals surface area (Å²) in [6.45, 7) is 5.81. The van der Waals surface area contributed by atoms with Gasteiger partial charge in [0, 0.05) is 18.7 Å². The SMILES string of the molecule is CCCCCN(CCCCC)C(=O)c1ccc(Br)c(F)c1. The van der Waals surface area contributed by atoms with Crippen LogP contribution in [-0.2, 0) is 0 Å². The summed E-state index contributed by atoms with van der Waals surface area (Å²) in [4.78, 5) is 14.4. The van der Waals surface area contributed by atoms with Crippen LogP contribution < -0.4 is 0 Å². The van der Waals surface area contributed by atoms with E-state index in [2.05, 4.69) is 29.8 Å². The van der Waals surface area contributed by atoms with E-state index in [4.69, 9.17) is 0 Å². The summed E-state index contributed by atoms with van der Waals surface area (Å²) in [6, 6.07) is 4.60. The summed E-state index contributed by atoms with van der Waals surface area (Å²) < 4.78 is 14.0. The number of hydrogen-bond donors (Lipinski definition) is 0. The molecule has 0 bridgehead atoms. The predicted octanol–water partition coefficient (Wildman–Crippen LogP) is 5.41. The fourth-order valence-electron chi connectivity index (χ4n) is 2.23. The number of nitrogens with zero attached hydrogens (tertiary/aromatic N) is 1. The lowest BCUT2D eigenvalue weighted by Crippen LogP contribution is -2.33. The molecule has 4 heteroatoms. The Morgan fingerprint density at radius 3 is 2.14 bits per heavy atom. The van der Waals surface area contributed by atoms with Crippen molar-refractivity contribution in [1.82, 2.24) is 4.90 Å². The molecule has 0 heterocycles. The van der Waals surface area contributed by atoms with Crippen molar-refractivity contribution in [3.05, 3.63) is 34.1 Å². The van der Waals surface area contributed by atoms with E-state index in [1.54, 1.807) is 12.1 Å². The average molecular weight is 358 g/mol. The van der Waals surface area contributed by atoms with Gasteiger partial charge >= 0.3 is 0 Å². The summed E-state index contributed by atoms with van der Waals surface area (Å²) in [5.41, 5.74) is 0.434. The van der Waals surface area contributed by atoms with E-state index in [0.717, 1.165) is 51.6 Å². The Morgan fingerprint density at radius 1 is 1.10 bits per heavy atom. The molecular formula is C17H25BrFNO. The summed E-state index contributed by atoms with van der Waals surface area (Å²) in [5.74, 6) is -0.448. The van der Waals surface area contributed by atoms with Gasteiger partial charge in [0.1, 0.15) is 5.82 Å². The first-order valence-corrected chi connectivity index (χ1v) is 8.63. The van der Waals surface area contributed by atoms with Crippen LogP contribution in [0.1, 0.15) is 62.7 Å². The maximum absolute atomic E-state index is 13.6. The molecule has 1 aromatic rings. The Bertz CT molecular complexity index is 440. The molecule has 1 rings (SSSR count). The third kappa shape index (κ3) is 6.16. The van der Waals surface area contributed by atoms with Crippen LogP contribution in [-0.4, -0.2) is 23.9 Å². The van der Waals surface area contributed by atoms with Crippen molar-refractivity contribution >= 4 is 21.8 Å². The van der Waals surface area contributed by atoms with Gasteiger partial charge in [-0.1, -0.05) is 39.5 Å². The molecular weight excluding hydrogens is 333 g/mol. The minimum atomic E-state index is -0.386. The first kappa shape index (κ1) is 18.1. The third-order valence-corrected chi connectivity index (χ3v) is 4.16. The quantitative estimate of drug-likeness (QED) is 0.541. The van der Waals surface area contributed by atoms with Crippen LogP contribution in [0, 0.1) is 5.82 Å². The number of benzene rings is 1.